The molecule has 1 fully saturated rings. The number of anilines is 2. The number of carbonyl (C=O) groups is 1. The molecule has 0 atom stereocenters. The molecule has 1 aromatic heterocycles. The van der Waals surface area contributed by atoms with Gasteiger partial charge in [0.25, 0.3) is 0 Å². The van der Waals surface area contributed by atoms with Crippen LogP contribution in [0.3, 0.4) is 0 Å². The van der Waals surface area contributed by atoms with Gasteiger partial charge in [0.1, 0.15) is 17.5 Å². The van der Waals surface area contributed by atoms with Crippen LogP contribution in [0.2, 0.25) is 0 Å². The van der Waals surface area contributed by atoms with Crippen molar-refractivity contribution < 1.29 is 18.3 Å². The molecule has 0 bridgehead atoms. The van der Waals surface area contributed by atoms with Crippen LogP contribution >= 0.6 is 0 Å². The van der Waals surface area contributed by atoms with E-state index in [0.29, 0.717) is 11.9 Å². The van der Waals surface area contributed by atoms with Crippen LogP contribution in [0.1, 0.15) is 23.2 Å². The second-order valence-corrected chi connectivity index (χ2v) is 6.74. The van der Waals surface area contributed by atoms with E-state index in [1.54, 1.807) is 0 Å². The molecular weight excluding hydrogens is 270 g/mol. The highest BCUT2D eigenvalue weighted by atomic mass is 32.2. The lowest BCUT2D eigenvalue weighted by atomic mass is 10.2. The van der Waals surface area contributed by atoms with Gasteiger partial charge in [-0.05, 0) is 25.0 Å². The fourth-order valence-electron chi connectivity index (χ4n) is 1.46. The molecule has 104 valence electrons. The van der Waals surface area contributed by atoms with Crippen molar-refractivity contribution in [2.75, 3.05) is 22.8 Å². The lowest BCUT2D eigenvalue weighted by Crippen LogP contribution is -2.15. The van der Waals surface area contributed by atoms with Gasteiger partial charge in [0.15, 0.2) is 9.84 Å². The van der Waals surface area contributed by atoms with Gasteiger partial charge in [-0.3, -0.25) is 0 Å². The molecule has 1 saturated carbocycles. The van der Waals surface area contributed by atoms with E-state index < -0.39 is 15.8 Å². The summed E-state index contributed by atoms with van der Waals surface area (Å²) in [6.45, 7) is 0. The Labute approximate surface area is 111 Å². The predicted octanol–water partition coefficient (Wildman–Crippen LogP) is 0.768. The first-order valence-electron chi connectivity index (χ1n) is 5.77. The van der Waals surface area contributed by atoms with Crippen molar-refractivity contribution in [3.05, 3.63) is 17.7 Å². The van der Waals surface area contributed by atoms with Crippen molar-refractivity contribution in [2.45, 2.75) is 18.9 Å². The fourth-order valence-corrected chi connectivity index (χ4v) is 1.87. The minimum absolute atomic E-state index is 0.0640. The highest BCUT2D eigenvalue weighted by molar-refractivity contribution is 7.90. The summed E-state index contributed by atoms with van der Waals surface area (Å²) in [6.07, 6.45) is 3.15. The third-order valence-electron chi connectivity index (χ3n) is 2.52. The maximum Gasteiger partial charge on any atom is 0.335 e. The number of nitrogens with one attached hydrogen (secondary N) is 2. The number of aromatic nitrogens is 1. The molecule has 3 N–H and O–H groups in total. The zero-order chi connectivity index (χ0) is 14.0. The van der Waals surface area contributed by atoms with Gasteiger partial charge in [0.05, 0.1) is 5.56 Å². The van der Waals surface area contributed by atoms with Crippen LogP contribution in [0.25, 0.3) is 0 Å². The van der Waals surface area contributed by atoms with Crippen molar-refractivity contribution in [1.82, 2.24) is 4.98 Å². The lowest BCUT2D eigenvalue weighted by molar-refractivity contribution is 0.0697. The lowest BCUT2D eigenvalue weighted by Gasteiger charge is -2.09. The minimum atomic E-state index is -3.20. The molecule has 0 unspecified atom stereocenters. The number of aromatic carboxylic acids is 1. The van der Waals surface area contributed by atoms with E-state index in [1.165, 1.54) is 12.1 Å². The van der Waals surface area contributed by atoms with Gasteiger partial charge in [-0.2, -0.15) is 0 Å². The van der Waals surface area contributed by atoms with E-state index in [9.17, 15) is 13.2 Å². The molecule has 19 heavy (non-hydrogen) atoms. The molecule has 1 aromatic rings. The second kappa shape index (κ2) is 5.04. The molecule has 0 radical (unpaired) electrons. The Balaban J connectivity index is 2.20. The first kappa shape index (κ1) is 13.6. The van der Waals surface area contributed by atoms with Crippen molar-refractivity contribution in [2.24, 2.45) is 0 Å². The third kappa shape index (κ3) is 4.40. The number of sulfone groups is 1. The summed E-state index contributed by atoms with van der Waals surface area (Å²) in [4.78, 5) is 15.2. The summed E-state index contributed by atoms with van der Waals surface area (Å²) in [6, 6.07) is 3.08. The summed E-state index contributed by atoms with van der Waals surface area (Å²) >= 11 is 0. The standard InChI is InChI=1S/C11H15N3O4S/c1-19(17,18)6-12-9-4-7(11(15)16)5-10(14-9)13-8-2-3-8/h4-5,8H,2-3,6H2,1H3,(H,15,16)(H2,12,13,14). The predicted molar refractivity (Wildman–Crippen MR) is 71.2 cm³/mol. The number of hydrogen-bond donors (Lipinski definition) is 3. The molecule has 0 amide bonds. The molecule has 0 aliphatic heterocycles. The molecule has 1 heterocycles. The zero-order valence-corrected chi connectivity index (χ0v) is 11.2. The van der Waals surface area contributed by atoms with Gasteiger partial charge in [0.2, 0.25) is 0 Å². The van der Waals surface area contributed by atoms with Gasteiger partial charge in [0, 0.05) is 12.3 Å². The van der Waals surface area contributed by atoms with Crippen LogP contribution in [0, 0.1) is 0 Å². The number of pyridine rings is 1. The largest absolute Gasteiger partial charge is 0.478 e. The highest BCUT2D eigenvalue weighted by Gasteiger charge is 2.22. The maximum atomic E-state index is 11.1. The molecule has 1 aliphatic rings. The number of nitrogens with zero attached hydrogens (tertiary/aromatic N) is 1. The van der Waals surface area contributed by atoms with Crippen LogP contribution in [0.15, 0.2) is 12.1 Å². The normalized spacial score (nSPS) is 15.0. The number of carboxylic acid groups (broad SMARTS) is 1. The van der Waals surface area contributed by atoms with Crippen molar-refractivity contribution in [3.63, 3.8) is 0 Å². The fraction of sp³-hybridized carbons (Fsp3) is 0.455. The van der Waals surface area contributed by atoms with Gasteiger partial charge >= 0.3 is 5.97 Å². The van der Waals surface area contributed by atoms with Crippen molar-refractivity contribution >= 4 is 27.4 Å². The first-order chi connectivity index (χ1) is 8.83. The van der Waals surface area contributed by atoms with E-state index in [4.69, 9.17) is 5.11 Å². The minimum Gasteiger partial charge on any atom is -0.478 e. The maximum absolute atomic E-state index is 11.1. The average molecular weight is 285 g/mol. The van der Waals surface area contributed by atoms with Gasteiger partial charge in [-0.1, -0.05) is 0 Å². The van der Waals surface area contributed by atoms with E-state index in [2.05, 4.69) is 15.6 Å². The topological polar surface area (TPSA) is 108 Å². The Hall–Kier alpha value is -1.83. The summed E-state index contributed by atoms with van der Waals surface area (Å²) < 4.78 is 22.1. The quantitative estimate of drug-likeness (QED) is 0.708. The van der Waals surface area contributed by atoms with E-state index in [-0.39, 0.29) is 17.3 Å². The monoisotopic (exact) mass is 285 g/mol. The van der Waals surface area contributed by atoms with Crippen LogP contribution in [-0.2, 0) is 9.84 Å². The summed E-state index contributed by atoms with van der Waals surface area (Å²) in [5.41, 5.74) is 0.0640. The summed E-state index contributed by atoms with van der Waals surface area (Å²) in [7, 11) is -3.20. The Kier molecular flexibility index (Phi) is 3.61. The average Bonchev–Trinajstić information content (AvgIpc) is 3.09. The number of rotatable bonds is 6. The molecule has 0 spiro atoms. The molecule has 0 aromatic carbocycles. The Morgan fingerprint density at radius 1 is 1.42 bits per heavy atom. The van der Waals surface area contributed by atoms with Crippen LogP contribution in [0.5, 0.6) is 0 Å². The summed E-state index contributed by atoms with van der Waals surface area (Å²) in [5.74, 6) is -0.693. The van der Waals surface area contributed by atoms with Crippen LogP contribution < -0.4 is 10.6 Å². The summed E-state index contributed by atoms with van der Waals surface area (Å²) in [5, 5.41) is 14.7. The molecule has 7 nitrogen and oxygen atoms in total. The third-order valence-corrected chi connectivity index (χ3v) is 3.19. The molecular formula is C11H15N3O4S. The van der Waals surface area contributed by atoms with Gasteiger partial charge < -0.3 is 15.7 Å². The van der Waals surface area contributed by atoms with Crippen molar-refractivity contribution in [1.29, 1.82) is 0 Å². The number of carboxylic acids is 1. The Morgan fingerprint density at radius 2 is 2.05 bits per heavy atom. The first-order valence-corrected chi connectivity index (χ1v) is 7.83. The van der Waals surface area contributed by atoms with Gasteiger partial charge in [-0.25, -0.2) is 18.2 Å². The second-order valence-electron chi connectivity index (χ2n) is 4.60. The molecule has 8 heteroatoms. The van der Waals surface area contributed by atoms with Crippen LogP contribution in [-0.4, -0.2) is 42.7 Å². The van der Waals surface area contributed by atoms with E-state index in [1.807, 2.05) is 0 Å². The smallest absolute Gasteiger partial charge is 0.335 e. The highest BCUT2D eigenvalue weighted by Crippen LogP contribution is 2.25. The Morgan fingerprint density at radius 3 is 2.58 bits per heavy atom. The number of hydrogen-bond acceptors (Lipinski definition) is 6. The molecule has 1 aliphatic carbocycles. The molecule has 2 rings (SSSR count). The van der Waals surface area contributed by atoms with Gasteiger partial charge in [-0.15, -0.1) is 0 Å². The zero-order valence-electron chi connectivity index (χ0n) is 10.4. The Bertz CT molecular complexity index is 596. The molecule has 0 saturated heterocycles. The van der Waals surface area contributed by atoms with Crippen LogP contribution in [0.4, 0.5) is 11.6 Å². The SMILES string of the molecule is CS(=O)(=O)CNc1cc(C(=O)O)cc(NC2CC2)n1. The van der Waals surface area contributed by atoms with E-state index in [0.717, 1.165) is 19.1 Å². The van der Waals surface area contributed by atoms with E-state index >= 15 is 0 Å². The van der Waals surface area contributed by atoms with Crippen molar-refractivity contribution in [3.8, 4) is 0 Å².